The number of carbonyl (C=O) groups excluding carboxylic acids is 2. The number of sulfonamides is 1. The Morgan fingerprint density at radius 2 is 1.45 bits per heavy atom. The molecule has 0 saturated carbocycles. The van der Waals surface area contributed by atoms with Gasteiger partial charge in [-0.25, -0.2) is 8.42 Å². The second-order valence-corrected chi connectivity index (χ2v) is 12.6. The normalized spacial score (nSPS) is 12.7. The maximum Gasteiger partial charge on any atom is 0.264 e. The predicted octanol–water partition coefficient (Wildman–Crippen LogP) is 5.54. The largest absolute Gasteiger partial charge is 0.497 e. The first-order valence-corrected chi connectivity index (χ1v) is 15.7. The zero-order valence-corrected chi connectivity index (χ0v) is 26.5. The first-order valence-electron chi connectivity index (χ1n) is 14.3. The van der Waals surface area contributed by atoms with Gasteiger partial charge in [0.25, 0.3) is 10.0 Å². The van der Waals surface area contributed by atoms with Gasteiger partial charge in [0, 0.05) is 12.6 Å². The van der Waals surface area contributed by atoms with E-state index in [4.69, 9.17) is 4.74 Å². The van der Waals surface area contributed by atoms with Crippen molar-refractivity contribution in [3.63, 3.8) is 0 Å². The van der Waals surface area contributed by atoms with Crippen molar-refractivity contribution < 1.29 is 22.7 Å². The van der Waals surface area contributed by atoms with Crippen LogP contribution in [0.25, 0.3) is 0 Å². The Hall–Kier alpha value is -3.85. The summed E-state index contributed by atoms with van der Waals surface area (Å²) in [5, 5.41) is 3.00. The Bertz CT molecular complexity index is 1450. The summed E-state index contributed by atoms with van der Waals surface area (Å²) in [5.74, 6) is -0.0803. The summed E-state index contributed by atoms with van der Waals surface area (Å²) in [7, 11) is -2.55. The van der Waals surface area contributed by atoms with E-state index in [9.17, 15) is 18.0 Å². The standard InChI is InChI=1S/C33H43N3O5S/c1-8-26(6)34-33(38)31(9-2)35(21-27-12-14-29(41-7)15-13-27)32(37)22-36(28-19-24(4)18-25(5)20-28)42(39,40)30-16-10-23(3)11-17-30/h10-20,26,31H,8-9,21-22H2,1-7H3,(H,34,38)/t26-,31-/m0/s1. The molecular weight excluding hydrogens is 550 g/mol. The van der Waals surface area contributed by atoms with Crippen molar-refractivity contribution in [3.05, 3.63) is 89.0 Å². The molecule has 3 aromatic rings. The van der Waals surface area contributed by atoms with Crippen LogP contribution in [0, 0.1) is 20.8 Å². The van der Waals surface area contributed by atoms with Gasteiger partial charge in [-0.3, -0.25) is 13.9 Å². The van der Waals surface area contributed by atoms with Crippen LogP contribution in [0.15, 0.2) is 71.6 Å². The lowest BCUT2D eigenvalue weighted by molar-refractivity contribution is -0.140. The van der Waals surface area contributed by atoms with E-state index in [1.165, 1.54) is 4.90 Å². The number of carbonyl (C=O) groups is 2. The molecule has 0 aliphatic carbocycles. The van der Waals surface area contributed by atoms with E-state index in [0.29, 0.717) is 17.9 Å². The average molecular weight is 594 g/mol. The van der Waals surface area contributed by atoms with Crippen LogP contribution in [-0.4, -0.2) is 50.9 Å². The summed E-state index contributed by atoms with van der Waals surface area (Å²) in [4.78, 5) is 29.2. The molecule has 0 spiro atoms. The summed E-state index contributed by atoms with van der Waals surface area (Å²) in [6, 6.07) is 18.4. The monoisotopic (exact) mass is 593 g/mol. The number of aryl methyl sites for hydroxylation is 3. The molecule has 9 heteroatoms. The Kier molecular flexibility index (Phi) is 11.2. The van der Waals surface area contributed by atoms with Gasteiger partial charge in [0.05, 0.1) is 17.7 Å². The van der Waals surface area contributed by atoms with E-state index in [2.05, 4.69) is 5.32 Å². The second-order valence-electron chi connectivity index (χ2n) is 10.8. The van der Waals surface area contributed by atoms with Crippen molar-refractivity contribution in [3.8, 4) is 5.75 Å². The van der Waals surface area contributed by atoms with Gasteiger partial charge in [-0.05, 0) is 93.6 Å². The molecule has 0 aliphatic rings. The Morgan fingerprint density at radius 3 is 1.98 bits per heavy atom. The van der Waals surface area contributed by atoms with Gasteiger partial charge in [0.2, 0.25) is 11.8 Å². The summed E-state index contributed by atoms with van der Waals surface area (Å²) >= 11 is 0. The molecule has 2 atom stereocenters. The second kappa shape index (κ2) is 14.4. The van der Waals surface area contributed by atoms with Crippen LogP contribution >= 0.6 is 0 Å². The molecular formula is C33H43N3O5S. The van der Waals surface area contributed by atoms with Crippen molar-refractivity contribution in [1.82, 2.24) is 10.2 Å². The third kappa shape index (κ3) is 8.12. The van der Waals surface area contributed by atoms with Crippen LogP contribution < -0.4 is 14.4 Å². The fourth-order valence-corrected chi connectivity index (χ4v) is 6.15. The van der Waals surface area contributed by atoms with Crippen molar-refractivity contribution in [2.24, 2.45) is 0 Å². The number of methoxy groups -OCH3 is 1. The number of ether oxygens (including phenoxy) is 1. The van der Waals surface area contributed by atoms with Crippen LogP contribution in [0.4, 0.5) is 5.69 Å². The predicted molar refractivity (Wildman–Crippen MR) is 167 cm³/mol. The molecule has 0 aliphatic heterocycles. The number of rotatable bonds is 13. The number of hydrogen-bond donors (Lipinski definition) is 1. The van der Waals surface area contributed by atoms with Crippen molar-refractivity contribution in [2.75, 3.05) is 18.0 Å². The molecule has 2 amide bonds. The van der Waals surface area contributed by atoms with Gasteiger partial charge in [-0.1, -0.05) is 49.7 Å². The Morgan fingerprint density at radius 1 is 0.857 bits per heavy atom. The van der Waals surface area contributed by atoms with Gasteiger partial charge >= 0.3 is 0 Å². The lowest BCUT2D eigenvalue weighted by atomic mass is 10.1. The lowest BCUT2D eigenvalue weighted by Gasteiger charge is -2.34. The average Bonchev–Trinajstić information content (AvgIpc) is 2.95. The molecule has 0 aromatic heterocycles. The first-order chi connectivity index (χ1) is 19.9. The molecule has 226 valence electrons. The summed E-state index contributed by atoms with van der Waals surface area (Å²) in [6.07, 6.45) is 1.10. The van der Waals surface area contributed by atoms with Gasteiger partial charge in [0.1, 0.15) is 18.3 Å². The van der Waals surface area contributed by atoms with Gasteiger partial charge < -0.3 is 15.0 Å². The molecule has 0 unspecified atom stereocenters. The van der Waals surface area contributed by atoms with Crippen LogP contribution in [0.3, 0.4) is 0 Å². The molecule has 0 saturated heterocycles. The number of amides is 2. The van der Waals surface area contributed by atoms with Crippen molar-refractivity contribution >= 4 is 27.5 Å². The summed E-state index contributed by atoms with van der Waals surface area (Å²) in [5.41, 5.74) is 3.85. The van der Waals surface area contributed by atoms with Crippen LogP contribution in [0.2, 0.25) is 0 Å². The summed E-state index contributed by atoms with van der Waals surface area (Å²) < 4.78 is 34.6. The molecule has 8 nitrogen and oxygen atoms in total. The minimum atomic E-state index is -4.12. The number of nitrogens with one attached hydrogen (secondary N) is 1. The summed E-state index contributed by atoms with van der Waals surface area (Å²) in [6.45, 7) is 11.0. The van der Waals surface area contributed by atoms with Gasteiger partial charge in [0.15, 0.2) is 0 Å². The molecule has 42 heavy (non-hydrogen) atoms. The molecule has 1 N–H and O–H groups in total. The third-order valence-corrected chi connectivity index (χ3v) is 9.07. The van der Waals surface area contributed by atoms with Gasteiger partial charge in [-0.15, -0.1) is 0 Å². The highest BCUT2D eigenvalue weighted by Crippen LogP contribution is 2.27. The number of benzene rings is 3. The molecule has 0 radical (unpaired) electrons. The highest BCUT2D eigenvalue weighted by atomic mass is 32.2. The van der Waals surface area contributed by atoms with Gasteiger partial charge in [-0.2, -0.15) is 0 Å². The highest BCUT2D eigenvalue weighted by Gasteiger charge is 2.34. The van der Waals surface area contributed by atoms with Crippen LogP contribution in [-0.2, 0) is 26.2 Å². The quantitative estimate of drug-likeness (QED) is 0.281. The van der Waals surface area contributed by atoms with Crippen LogP contribution in [0.5, 0.6) is 5.75 Å². The Balaban J connectivity index is 2.09. The molecule has 3 aromatic carbocycles. The van der Waals surface area contributed by atoms with E-state index in [1.54, 1.807) is 55.6 Å². The third-order valence-electron chi connectivity index (χ3n) is 7.28. The minimum absolute atomic E-state index is 0.0711. The van der Waals surface area contributed by atoms with E-state index in [1.807, 2.05) is 59.7 Å². The van der Waals surface area contributed by atoms with Crippen molar-refractivity contribution in [2.45, 2.75) is 77.9 Å². The van der Waals surface area contributed by atoms with Crippen molar-refractivity contribution in [1.29, 1.82) is 0 Å². The number of hydrogen-bond acceptors (Lipinski definition) is 5. The maximum atomic E-state index is 14.2. The lowest BCUT2D eigenvalue weighted by Crippen LogP contribution is -2.53. The fraction of sp³-hybridized carbons (Fsp3) is 0.394. The maximum absolute atomic E-state index is 14.2. The molecule has 0 fully saturated rings. The highest BCUT2D eigenvalue weighted by molar-refractivity contribution is 7.92. The first kappa shape index (κ1) is 32.7. The fourth-order valence-electron chi connectivity index (χ4n) is 4.75. The SMILES string of the molecule is CC[C@H](C)NC(=O)[C@H](CC)N(Cc1ccc(OC)cc1)C(=O)CN(c1cc(C)cc(C)c1)S(=O)(=O)c1ccc(C)cc1. The Labute approximate surface area is 250 Å². The number of anilines is 1. The molecule has 0 bridgehead atoms. The minimum Gasteiger partial charge on any atom is -0.497 e. The van der Waals surface area contributed by atoms with E-state index in [-0.39, 0.29) is 23.4 Å². The zero-order valence-electron chi connectivity index (χ0n) is 25.7. The smallest absolute Gasteiger partial charge is 0.264 e. The topological polar surface area (TPSA) is 96.0 Å². The van der Waals surface area contributed by atoms with E-state index >= 15 is 0 Å². The van der Waals surface area contributed by atoms with E-state index < -0.39 is 28.5 Å². The van der Waals surface area contributed by atoms with E-state index in [0.717, 1.165) is 33.0 Å². The van der Waals surface area contributed by atoms with Crippen LogP contribution in [0.1, 0.15) is 55.9 Å². The zero-order chi connectivity index (χ0) is 31.0. The number of nitrogens with zero attached hydrogens (tertiary/aromatic N) is 2. The molecule has 0 heterocycles. The molecule has 3 rings (SSSR count).